The number of imidazole rings is 1. The fourth-order valence-corrected chi connectivity index (χ4v) is 3.80. The van der Waals surface area contributed by atoms with Crippen LogP contribution in [0.2, 0.25) is 0 Å². The summed E-state index contributed by atoms with van der Waals surface area (Å²) in [6.07, 6.45) is 3.39. The van der Waals surface area contributed by atoms with Crippen LogP contribution in [-0.2, 0) is 9.59 Å². The van der Waals surface area contributed by atoms with Gasteiger partial charge in [-0.3, -0.25) is 9.59 Å². The Morgan fingerprint density at radius 2 is 1.84 bits per heavy atom. The van der Waals surface area contributed by atoms with Gasteiger partial charge in [0, 0.05) is 35.7 Å². The van der Waals surface area contributed by atoms with E-state index < -0.39 is 5.41 Å². The number of nitrogens with one attached hydrogen (secondary N) is 1. The Hall–Kier alpha value is -3.42. The predicted molar refractivity (Wildman–Crippen MR) is 125 cm³/mol. The van der Waals surface area contributed by atoms with Crippen molar-refractivity contribution in [1.82, 2.24) is 14.6 Å². The first-order chi connectivity index (χ1) is 15.1. The van der Waals surface area contributed by atoms with Crippen molar-refractivity contribution in [2.45, 2.75) is 40.5 Å². The lowest BCUT2D eigenvalue weighted by molar-refractivity contribution is -0.123. The first-order valence-corrected chi connectivity index (χ1v) is 10.9. The van der Waals surface area contributed by atoms with E-state index in [-0.39, 0.29) is 17.7 Å². The first kappa shape index (κ1) is 21.8. The summed E-state index contributed by atoms with van der Waals surface area (Å²) in [5.41, 5.74) is 9.19. The maximum Gasteiger partial charge on any atom is 0.229 e. The van der Waals surface area contributed by atoms with Crippen LogP contribution >= 0.6 is 0 Å². The Labute approximate surface area is 187 Å². The number of amides is 2. The van der Waals surface area contributed by atoms with Gasteiger partial charge >= 0.3 is 0 Å². The number of nitrogens with two attached hydrogens (primary N) is 1. The molecule has 3 N–H and O–H groups in total. The molecule has 1 aromatic carbocycles. The van der Waals surface area contributed by atoms with Crippen LogP contribution in [0, 0.1) is 18.3 Å². The normalized spacial score (nSPS) is 15.2. The van der Waals surface area contributed by atoms with Gasteiger partial charge in [0.15, 0.2) is 5.65 Å². The third-order valence-electron chi connectivity index (χ3n) is 5.99. The van der Waals surface area contributed by atoms with Gasteiger partial charge in [-0.15, -0.1) is 5.10 Å². The average Bonchev–Trinajstić information content (AvgIpc) is 3.18. The van der Waals surface area contributed by atoms with Crippen molar-refractivity contribution in [2.24, 2.45) is 17.1 Å². The molecular formula is C24H30N6O2. The van der Waals surface area contributed by atoms with Gasteiger partial charge < -0.3 is 16.0 Å². The van der Waals surface area contributed by atoms with Crippen LogP contribution in [-0.4, -0.2) is 39.5 Å². The van der Waals surface area contributed by atoms with Crippen molar-refractivity contribution >= 4 is 29.0 Å². The second-order valence-corrected chi connectivity index (χ2v) is 9.52. The Balaban J connectivity index is 1.58. The van der Waals surface area contributed by atoms with Gasteiger partial charge in [0.1, 0.15) is 5.82 Å². The van der Waals surface area contributed by atoms with E-state index in [9.17, 15) is 9.59 Å². The van der Waals surface area contributed by atoms with Crippen LogP contribution in [0.4, 0.5) is 11.5 Å². The molecule has 3 aromatic rings. The topological polar surface area (TPSA) is 106 Å². The van der Waals surface area contributed by atoms with Crippen molar-refractivity contribution in [1.29, 1.82) is 0 Å². The number of nitrogens with zero attached hydrogens (tertiary/aromatic N) is 4. The second kappa shape index (κ2) is 8.26. The zero-order valence-electron chi connectivity index (χ0n) is 19.1. The minimum atomic E-state index is -0.474. The van der Waals surface area contributed by atoms with E-state index in [0.29, 0.717) is 0 Å². The minimum Gasteiger partial charge on any atom is -0.369 e. The maximum atomic E-state index is 12.4. The van der Waals surface area contributed by atoms with Gasteiger partial charge in [0.2, 0.25) is 11.8 Å². The van der Waals surface area contributed by atoms with Crippen LogP contribution in [0.15, 0.2) is 36.5 Å². The maximum absolute atomic E-state index is 12.4. The summed E-state index contributed by atoms with van der Waals surface area (Å²) in [6, 6.07) is 9.85. The molecular weight excluding hydrogens is 404 g/mol. The molecule has 8 heteroatoms. The van der Waals surface area contributed by atoms with Gasteiger partial charge in [-0.25, -0.2) is 9.50 Å². The Morgan fingerprint density at radius 1 is 1.12 bits per heavy atom. The number of carbonyl (C=O) groups excluding carboxylic acids is 2. The third kappa shape index (κ3) is 4.44. The smallest absolute Gasteiger partial charge is 0.229 e. The van der Waals surface area contributed by atoms with E-state index in [2.05, 4.69) is 10.2 Å². The van der Waals surface area contributed by atoms with Gasteiger partial charge in [0.25, 0.3) is 0 Å². The molecule has 0 spiro atoms. The molecule has 2 aromatic heterocycles. The van der Waals surface area contributed by atoms with E-state index in [1.807, 2.05) is 64.2 Å². The quantitative estimate of drug-likeness (QED) is 0.655. The van der Waals surface area contributed by atoms with Gasteiger partial charge in [-0.2, -0.15) is 0 Å². The monoisotopic (exact) mass is 434 g/mol. The molecule has 1 saturated heterocycles. The molecule has 0 unspecified atom stereocenters. The van der Waals surface area contributed by atoms with Crippen molar-refractivity contribution < 1.29 is 9.59 Å². The Morgan fingerprint density at radius 3 is 2.50 bits per heavy atom. The van der Waals surface area contributed by atoms with Crippen LogP contribution in [0.5, 0.6) is 0 Å². The number of anilines is 2. The zero-order chi connectivity index (χ0) is 23.0. The highest BCUT2D eigenvalue weighted by Crippen LogP contribution is 2.28. The number of hydrogen-bond acceptors (Lipinski definition) is 5. The summed E-state index contributed by atoms with van der Waals surface area (Å²) in [6.45, 7) is 9.15. The van der Waals surface area contributed by atoms with Crippen LogP contribution in [0.1, 0.15) is 39.2 Å². The molecule has 2 amide bonds. The van der Waals surface area contributed by atoms with E-state index in [1.54, 1.807) is 4.52 Å². The molecule has 1 fully saturated rings. The van der Waals surface area contributed by atoms with Gasteiger partial charge in [-0.1, -0.05) is 32.9 Å². The zero-order valence-corrected chi connectivity index (χ0v) is 19.1. The number of hydrogen-bond donors (Lipinski definition) is 2. The van der Waals surface area contributed by atoms with E-state index in [0.717, 1.165) is 59.9 Å². The summed E-state index contributed by atoms with van der Waals surface area (Å²) in [5.74, 6) is 0.554. The lowest BCUT2D eigenvalue weighted by atomic mass is 9.95. The summed E-state index contributed by atoms with van der Waals surface area (Å²) < 4.78 is 1.78. The molecule has 8 nitrogen and oxygen atoms in total. The van der Waals surface area contributed by atoms with E-state index in [1.165, 1.54) is 0 Å². The molecule has 0 saturated carbocycles. The predicted octanol–water partition coefficient (Wildman–Crippen LogP) is 3.39. The molecule has 0 aliphatic carbocycles. The molecule has 4 rings (SSSR count). The lowest BCUT2D eigenvalue weighted by Crippen LogP contribution is -2.39. The molecule has 168 valence electrons. The minimum absolute atomic E-state index is 0.0285. The number of carbonyl (C=O) groups is 2. The molecule has 1 aliphatic heterocycles. The average molecular weight is 435 g/mol. The number of aromatic nitrogens is 3. The van der Waals surface area contributed by atoms with Crippen molar-refractivity contribution in [3.63, 3.8) is 0 Å². The highest BCUT2D eigenvalue weighted by Gasteiger charge is 2.24. The van der Waals surface area contributed by atoms with Crippen LogP contribution in [0.25, 0.3) is 16.9 Å². The first-order valence-electron chi connectivity index (χ1n) is 10.9. The summed E-state index contributed by atoms with van der Waals surface area (Å²) in [7, 11) is 0. The molecule has 0 radical (unpaired) electrons. The van der Waals surface area contributed by atoms with Crippen LogP contribution < -0.4 is 16.0 Å². The molecule has 0 atom stereocenters. The molecule has 32 heavy (non-hydrogen) atoms. The van der Waals surface area contributed by atoms with E-state index in [4.69, 9.17) is 15.8 Å². The fraction of sp³-hybridized carbons (Fsp3) is 0.417. The summed E-state index contributed by atoms with van der Waals surface area (Å²) in [4.78, 5) is 30.7. The molecule has 3 heterocycles. The van der Waals surface area contributed by atoms with Gasteiger partial charge in [-0.05, 0) is 43.5 Å². The molecule has 1 aliphatic rings. The van der Waals surface area contributed by atoms with Crippen molar-refractivity contribution in [3.05, 3.63) is 42.1 Å². The number of primary amides is 1. The van der Waals surface area contributed by atoms with Gasteiger partial charge in [0.05, 0.1) is 11.9 Å². The molecule has 0 bridgehead atoms. The highest BCUT2D eigenvalue weighted by molar-refractivity contribution is 5.95. The van der Waals surface area contributed by atoms with Crippen LogP contribution in [0.3, 0.4) is 0 Å². The SMILES string of the molecule is Cc1ccc(-c2cn3nc(N4CCC(C(N)=O)CC4)ccc3n2)cc1NC(=O)C(C)(C)C. The third-order valence-corrected chi connectivity index (χ3v) is 5.99. The Bertz CT molecular complexity index is 1170. The summed E-state index contributed by atoms with van der Waals surface area (Å²) >= 11 is 0. The lowest BCUT2D eigenvalue weighted by Gasteiger charge is -2.31. The standard InChI is InChI=1S/C24H30N6O2/c1-15-5-6-17(13-18(15)27-23(32)24(2,3)4)19-14-30-20(26-19)7-8-21(28-30)29-11-9-16(10-12-29)22(25)31/h5-8,13-14,16H,9-12H2,1-4H3,(H2,25,31)(H,27,32). The van der Waals surface area contributed by atoms with Crippen molar-refractivity contribution in [2.75, 3.05) is 23.3 Å². The fourth-order valence-electron chi connectivity index (χ4n) is 3.80. The van der Waals surface area contributed by atoms with Crippen molar-refractivity contribution in [3.8, 4) is 11.3 Å². The second-order valence-electron chi connectivity index (χ2n) is 9.52. The van der Waals surface area contributed by atoms with E-state index >= 15 is 0 Å². The number of piperidine rings is 1. The number of rotatable bonds is 4. The number of fused-ring (bicyclic) bond motifs is 1. The number of benzene rings is 1. The largest absolute Gasteiger partial charge is 0.369 e. The number of aryl methyl sites for hydroxylation is 1. The highest BCUT2D eigenvalue weighted by atomic mass is 16.2. The Kier molecular flexibility index (Phi) is 5.62. The summed E-state index contributed by atoms with van der Waals surface area (Å²) in [5, 5.41) is 7.76.